The zero-order valence-corrected chi connectivity index (χ0v) is 11.1. The van der Waals surface area contributed by atoms with Crippen molar-refractivity contribution in [2.75, 3.05) is 5.73 Å². The Kier molecular flexibility index (Phi) is 3.97. The SMILES string of the molecule is CCn1cc(CSc2cc(N)ccc2Cl)cn1. The van der Waals surface area contributed by atoms with Gasteiger partial charge in [-0.3, -0.25) is 4.68 Å². The van der Waals surface area contributed by atoms with Crippen molar-refractivity contribution in [1.29, 1.82) is 0 Å². The number of aromatic nitrogens is 2. The van der Waals surface area contributed by atoms with E-state index in [1.807, 2.05) is 35.3 Å². The Hall–Kier alpha value is -1.13. The van der Waals surface area contributed by atoms with Crippen molar-refractivity contribution in [2.45, 2.75) is 24.1 Å². The highest BCUT2D eigenvalue weighted by atomic mass is 35.5. The maximum Gasteiger partial charge on any atom is 0.0543 e. The number of benzene rings is 1. The Morgan fingerprint density at radius 1 is 1.47 bits per heavy atom. The molecule has 0 saturated carbocycles. The fourth-order valence-corrected chi connectivity index (χ4v) is 2.62. The zero-order chi connectivity index (χ0) is 12.3. The molecule has 0 aliphatic carbocycles. The van der Waals surface area contributed by atoms with Crippen LogP contribution in [0.3, 0.4) is 0 Å². The average molecular weight is 268 g/mol. The number of rotatable bonds is 4. The summed E-state index contributed by atoms with van der Waals surface area (Å²) in [6.45, 7) is 2.96. The third kappa shape index (κ3) is 3.17. The van der Waals surface area contributed by atoms with Gasteiger partial charge < -0.3 is 5.73 Å². The number of aryl methyl sites for hydroxylation is 1. The summed E-state index contributed by atoms with van der Waals surface area (Å²) in [7, 11) is 0. The molecule has 0 spiro atoms. The molecule has 0 radical (unpaired) electrons. The van der Waals surface area contributed by atoms with E-state index < -0.39 is 0 Å². The van der Waals surface area contributed by atoms with Crippen LogP contribution in [0.5, 0.6) is 0 Å². The summed E-state index contributed by atoms with van der Waals surface area (Å²) in [6.07, 6.45) is 3.93. The van der Waals surface area contributed by atoms with Crippen LogP contribution in [-0.2, 0) is 12.3 Å². The molecule has 0 aliphatic rings. The molecule has 1 aromatic carbocycles. The Balaban J connectivity index is 2.04. The molecule has 1 aromatic heterocycles. The Morgan fingerprint density at radius 2 is 2.29 bits per heavy atom. The van der Waals surface area contributed by atoms with Gasteiger partial charge in [0.15, 0.2) is 0 Å². The monoisotopic (exact) mass is 267 g/mol. The second-order valence-electron chi connectivity index (χ2n) is 3.68. The van der Waals surface area contributed by atoms with Crippen LogP contribution in [0.1, 0.15) is 12.5 Å². The second-order valence-corrected chi connectivity index (χ2v) is 5.11. The lowest BCUT2D eigenvalue weighted by Gasteiger charge is -2.03. The van der Waals surface area contributed by atoms with E-state index in [1.54, 1.807) is 11.8 Å². The first-order chi connectivity index (χ1) is 8.19. The molecule has 90 valence electrons. The molecule has 0 atom stereocenters. The number of anilines is 1. The van der Waals surface area contributed by atoms with Crippen LogP contribution < -0.4 is 5.73 Å². The van der Waals surface area contributed by atoms with Gasteiger partial charge in [0.2, 0.25) is 0 Å². The van der Waals surface area contributed by atoms with Crippen molar-refractivity contribution in [3.8, 4) is 0 Å². The minimum atomic E-state index is 0.737. The topological polar surface area (TPSA) is 43.8 Å². The van der Waals surface area contributed by atoms with Gasteiger partial charge in [0.1, 0.15) is 0 Å². The van der Waals surface area contributed by atoms with Gasteiger partial charge in [-0.2, -0.15) is 5.10 Å². The van der Waals surface area contributed by atoms with Gasteiger partial charge in [-0.25, -0.2) is 0 Å². The molecule has 0 amide bonds. The molecule has 2 aromatic rings. The number of halogens is 1. The van der Waals surface area contributed by atoms with Crippen LogP contribution in [0.25, 0.3) is 0 Å². The fourth-order valence-electron chi connectivity index (χ4n) is 1.45. The van der Waals surface area contributed by atoms with Gasteiger partial charge in [0.25, 0.3) is 0 Å². The van der Waals surface area contributed by atoms with Crippen molar-refractivity contribution < 1.29 is 0 Å². The highest BCUT2D eigenvalue weighted by Gasteiger charge is 2.03. The number of nitrogens with two attached hydrogens (primary N) is 1. The van der Waals surface area contributed by atoms with Crippen molar-refractivity contribution in [3.05, 3.63) is 41.2 Å². The molecule has 2 N–H and O–H groups in total. The molecule has 0 bridgehead atoms. The van der Waals surface area contributed by atoms with Crippen LogP contribution >= 0.6 is 23.4 Å². The summed E-state index contributed by atoms with van der Waals surface area (Å²) in [4.78, 5) is 1.01. The molecule has 3 nitrogen and oxygen atoms in total. The lowest BCUT2D eigenvalue weighted by molar-refractivity contribution is 0.659. The lowest BCUT2D eigenvalue weighted by Crippen LogP contribution is -1.92. The number of hydrogen-bond acceptors (Lipinski definition) is 3. The number of nitrogens with zero attached hydrogens (tertiary/aromatic N) is 2. The standard InChI is InChI=1S/C12H14ClN3S/c1-2-16-7-9(6-15-16)8-17-12-5-10(14)3-4-11(12)13/h3-7H,2,8,14H2,1H3. The number of thioether (sulfide) groups is 1. The minimum Gasteiger partial charge on any atom is -0.399 e. The van der Waals surface area contributed by atoms with Crippen molar-refractivity contribution >= 4 is 29.1 Å². The summed E-state index contributed by atoms with van der Waals surface area (Å²) in [5.41, 5.74) is 7.66. The summed E-state index contributed by atoms with van der Waals surface area (Å²) in [5.74, 6) is 0.850. The van der Waals surface area contributed by atoms with E-state index in [-0.39, 0.29) is 0 Å². The van der Waals surface area contributed by atoms with Gasteiger partial charge in [-0.05, 0) is 25.1 Å². The maximum absolute atomic E-state index is 6.10. The van der Waals surface area contributed by atoms with Gasteiger partial charge >= 0.3 is 0 Å². The molecular formula is C12H14ClN3S. The van der Waals surface area contributed by atoms with Crippen molar-refractivity contribution in [3.63, 3.8) is 0 Å². The molecular weight excluding hydrogens is 254 g/mol. The van der Waals surface area contributed by atoms with Gasteiger partial charge in [-0.1, -0.05) is 11.6 Å². The Bertz CT molecular complexity index is 510. The van der Waals surface area contributed by atoms with Gasteiger partial charge in [0.05, 0.1) is 11.2 Å². The predicted octanol–water partition coefficient (Wildman–Crippen LogP) is 3.43. The fraction of sp³-hybridized carbons (Fsp3) is 0.250. The van der Waals surface area contributed by atoms with Crippen molar-refractivity contribution in [1.82, 2.24) is 9.78 Å². The average Bonchev–Trinajstić information content (AvgIpc) is 2.78. The van der Waals surface area contributed by atoms with Crippen LogP contribution in [0.2, 0.25) is 5.02 Å². The smallest absolute Gasteiger partial charge is 0.0543 e. The number of hydrogen-bond donors (Lipinski definition) is 1. The minimum absolute atomic E-state index is 0.737. The third-order valence-corrected chi connectivity index (χ3v) is 3.93. The summed E-state index contributed by atoms with van der Waals surface area (Å²) >= 11 is 7.77. The van der Waals surface area contributed by atoms with Crippen LogP contribution in [0.15, 0.2) is 35.5 Å². The zero-order valence-electron chi connectivity index (χ0n) is 9.56. The maximum atomic E-state index is 6.10. The summed E-state index contributed by atoms with van der Waals surface area (Å²) < 4.78 is 1.91. The van der Waals surface area contributed by atoms with E-state index in [0.717, 1.165) is 27.9 Å². The number of nitrogen functional groups attached to an aromatic ring is 1. The Morgan fingerprint density at radius 3 is 3.00 bits per heavy atom. The third-order valence-electron chi connectivity index (χ3n) is 2.36. The molecule has 0 unspecified atom stereocenters. The lowest BCUT2D eigenvalue weighted by atomic mass is 10.3. The van der Waals surface area contributed by atoms with E-state index in [0.29, 0.717) is 0 Å². The molecule has 17 heavy (non-hydrogen) atoms. The van der Waals surface area contributed by atoms with E-state index >= 15 is 0 Å². The van der Waals surface area contributed by atoms with E-state index in [1.165, 1.54) is 5.56 Å². The first-order valence-corrected chi connectivity index (χ1v) is 6.74. The quantitative estimate of drug-likeness (QED) is 0.682. The molecule has 1 heterocycles. The summed E-state index contributed by atoms with van der Waals surface area (Å²) in [6, 6.07) is 5.54. The van der Waals surface area contributed by atoms with Crippen LogP contribution in [0.4, 0.5) is 5.69 Å². The highest BCUT2D eigenvalue weighted by molar-refractivity contribution is 7.98. The van der Waals surface area contributed by atoms with Crippen LogP contribution in [0, 0.1) is 0 Å². The second kappa shape index (κ2) is 5.47. The molecule has 0 fully saturated rings. The normalized spacial score (nSPS) is 10.7. The molecule has 0 aliphatic heterocycles. The van der Waals surface area contributed by atoms with E-state index in [9.17, 15) is 0 Å². The predicted molar refractivity (Wildman–Crippen MR) is 73.3 cm³/mol. The van der Waals surface area contributed by atoms with Gasteiger partial charge in [-0.15, -0.1) is 11.8 Å². The van der Waals surface area contributed by atoms with Crippen molar-refractivity contribution in [2.24, 2.45) is 0 Å². The first-order valence-electron chi connectivity index (χ1n) is 5.38. The largest absolute Gasteiger partial charge is 0.399 e. The first kappa shape index (κ1) is 12.3. The van der Waals surface area contributed by atoms with E-state index in [4.69, 9.17) is 17.3 Å². The molecule has 0 saturated heterocycles. The summed E-state index contributed by atoms with van der Waals surface area (Å²) in [5, 5.41) is 4.98. The molecule has 5 heteroatoms. The van der Waals surface area contributed by atoms with Gasteiger partial charge in [0, 0.05) is 34.6 Å². The van der Waals surface area contributed by atoms with Crippen LogP contribution in [-0.4, -0.2) is 9.78 Å². The Labute approximate surface area is 110 Å². The van der Waals surface area contributed by atoms with E-state index in [2.05, 4.69) is 12.0 Å². The highest BCUT2D eigenvalue weighted by Crippen LogP contribution is 2.31. The molecule has 2 rings (SSSR count).